The van der Waals surface area contributed by atoms with Crippen LogP contribution in [0.2, 0.25) is 0 Å². The van der Waals surface area contributed by atoms with E-state index >= 15 is 17.6 Å². The van der Waals surface area contributed by atoms with Crippen molar-refractivity contribution in [2.75, 3.05) is 0 Å². The Bertz CT molecular complexity index is 1580. The Balaban J connectivity index is 1.82. The summed E-state index contributed by atoms with van der Waals surface area (Å²) in [5, 5.41) is 0. The van der Waals surface area contributed by atoms with Crippen LogP contribution in [0.25, 0.3) is 11.4 Å². The van der Waals surface area contributed by atoms with E-state index in [2.05, 4.69) is 0 Å². The molecule has 0 atom stereocenters. The molecular formula is C32H26F4N2Ti. The molecule has 6 rings (SSSR count). The topological polar surface area (TPSA) is 9.86 Å². The number of benzene rings is 2. The van der Waals surface area contributed by atoms with Gasteiger partial charge in [-0.25, -0.2) is 0 Å². The van der Waals surface area contributed by atoms with Crippen LogP contribution >= 0.6 is 0 Å². The number of allylic oxidation sites excluding steroid dienone is 8. The van der Waals surface area contributed by atoms with Gasteiger partial charge in [-0.1, -0.05) is 0 Å². The maximum atomic E-state index is 16.9. The Labute approximate surface area is 228 Å². The third-order valence-electron chi connectivity index (χ3n) is 7.89. The minimum absolute atomic E-state index is 0.141. The fourth-order valence-corrected chi connectivity index (χ4v) is 15.3. The number of nitrogens with zero attached hydrogens (tertiary/aromatic N) is 2. The molecule has 2 aliphatic carbocycles. The van der Waals surface area contributed by atoms with Crippen LogP contribution in [0.5, 0.6) is 0 Å². The molecule has 2 aromatic carbocycles. The van der Waals surface area contributed by atoms with Crippen LogP contribution in [-0.4, -0.2) is 9.13 Å². The van der Waals surface area contributed by atoms with Gasteiger partial charge in [-0.15, -0.1) is 0 Å². The summed E-state index contributed by atoms with van der Waals surface area (Å²) in [6.45, 7) is 3.74. The van der Waals surface area contributed by atoms with Gasteiger partial charge < -0.3 is 0 Å². The van der Waals surface area contributed by atoms with Crippen molar-refractivity contribution in [3.05, 3.63) is 140 Å². The predicted octanol–water partition coefficient (Wildman–Crippen LogP) is 7.40. The Hall–Kier alpha value is -3.61. The molecule has 2 heterocycles. The zero-order chi connectivity index (χ0) is 27.3. The second-order valence-corrected chi connectivity index (χ2v) is 15.8. The zero-order valence-corrected chi connectivity index (χ0v) is 23.1. The van der Waals surface area contributed by atoms with Crippen molar-refractivity contribution < 1.29 is 34.2 Å². The molecule has 0 saturated heterocycles. The fraction of sp³-hybridized carbons (Fsp3) is 0.125. The number of hydrogen-bond donors (Lipinski definition) is 0. The van der Waals surface area contributed by atoms with E-state index < -0.39 is 39.9 Å². The molecule has 2 nitrogen and oxygen atoms in total. The quantitative estimate of drug-likeness (QED) is 0.171. The molecule has 0 fully saturated rings. The Morgan fingerprint density at radius 3 is 1.31 bits per heavy atom. The van der Waals surface area contributed by atoms with Gasteiger partial charge in [-0.2, -0.15) is 0 Å². The van der Waals surface area contributed by atoms with Crippen LogP contribution in [0.15, 0.2) is 117 Å². The molecule has 7 heteroatoms. The molecule has 2 aliphatic rings. The van der Waals surface area contributed by atoms with Gasteiger partial charge >= 0.3 is 229 Å². The first-order chi connectivity index (χ1) is 18.9. The van der Waals surface area contributed by atoms with Crippen LogP contribution in [0, 0.1) is 23.3 Å². The van der Waals surface area contributed by atoms with Gasteiger partial charge in [0.1, 0.15) is 0 Å². The Kier molecular flexibility index (Phi) is 6.48. The van der Waals surface area contributed by atoms with Crippen LogP contribution in [-0.2, 0) is 16.6 Å². The van der Waals surface area contributed by atoms with Gasteiger partial charge in [0.05, 0.1) is 0 Å². The van der Waals surface area contributed by atoms with Gasteiger partial charge in [-0.3, -0.25) is 0 Å². The third kappa shape index (κ3) is 3.88. The van der Waals surface area contributed by atoms with Gasteiger partial charge in [0.15, 0.2) is 0 Å². The van der Waals surface area contributed by atoms with Crippen molar-refractivity contribution in [2.24, 2.45) is 0 Å². The molecule has 0 bridgehead atoms. The first kappa shape index (κ1) is 25.7. The van der Waals surface area contributed by atoms with E-state index in [1.807, 2.05) is 38.2 Å². The van der Waals surface area contributed by atoms with Crippen molar-refractivity contribution in [3.63, 3.8) is 0 Å². The van der Waals surface area contributed by atoms with Gasteiger partial charge in [0, 0.05) is 0 Å². The van der Waals surface area contributed by atoms with Gasteiger partial charge in [0.2, 0.25) is 0 Å². The number of rotatable bonds is 6. The zero-order valence-electron chi connectivity index (χ0n) is 21.6. The van der Waals surface area contributed by atoms with Crippen LogP contribution in [0.4, 0.5) is 17.6 Å². The van der Waals surface area contributed by atoms with Crippen molar-refractivity contribution in [1.29, 1.82) is 0 Å². The summed E-state index contributed by atoms with van der Waals surface area (Å²) in [5.74, 6) is -3.13. The average molecular weight is 562 g/mol. The summed E-state index contributed by atoms with van der Waals surface area (Å²) in [5.41, 5.74) is 1.89. The van der Waals surface area contributed by atoms with Crippen molar-refractivity contribution in [2.45, 2.75) is 26.7 Å². The third-order valence-corrected chi connectivity index (χ3v) is 16.4. The van der Waals surface area contributed by atoms with E-state index in [1.165, 1.54) is 24.3 Å². The summed E-state index contributed by atoms with van der Waals surface area (Å²) >= 11 is -4.97. The average Bonchev–Trinajstić information content (AvgIpc) is 3.72. The minimum atomic E-state index is -4.97. The SMILES string of the molecule is CC1=[C]([Ti]([C]2=C(C)C=CC2)([c]2c(F)ccc(-n3cccc3)c2F)[c]2c(F)ccc(-n3cccc3)c2F)CC=C1. The van der Waals surface area contributed by atoms with E-state index in [-0.39, 0.29) is 19.1 Å². The molecule has 0 saturated carbocycles. The summed E-state index contributed by atoms with van der Waals surface area (Å²) in [6, 6.07) is 12.2. The molecule has 0 aliphatic heterocycles. The second kappa shape index (κ2) is 9.85. The van der Waals surface area contributed by atoms with Crippen molar-refractivity contribution >= 4 is 7.74 Å². The summed E-state index contributed by atoms with van der Waals surface area (Å²) < 4.78 is 70.7. The molecular weight excluding hydrogens is 536 g/mol. The van der Waals surface area contributed by atoms with E-state index in [4.69, 9.17) is 0 Å². The number of halogens is 4. The van der Waals surface area contributed by atoms with Gasteiger partial charge in [0.25, 0.3) is 0 Å². The van der Waals surface area contributed by atoms with Crippen LogP contribution in [0.1, 0.15) is 26.7 Å². The molecule has 196 valence electrons. The predicted molar refractivity (Wildman–Crippen MR) is 144 cm³/mol. The number of aromatic nitrogens is 2. The van der Waals surface area contributed by atoms with E-state index in [0.29, 0.717) is 12.8 Å². The normalized spacial score (nSPS) is 15.3. The van der Waals surface area contributed by atoms with Crippen LogP contribution < -0.4 is 7.74 Å². The second-order valence-electron chi connectivity index (χ2n) is 9.98. The summed E-state index contributed by atoms with van der Waals surface area (Å²) in [4.78, 5) is 0. The van der Waals surface area contributed by atoms with E-state index in [9.17, 15) is 0 Å². The molecule has 0 amide bonds. The Morgan fingerprint density at radius 2 is 0.974 bits per heavy atom. The summed E-state index contributed by atoms with van der Waals surface area (Å²) in [6.07, 6.45) is 15.1. The number of hydrogen-bond acceptors (Lipinski definition) is 0. The van der Waals surface area contributed by atoms with E-state index in [0.717, 1.165) is 18.9 Å². The first-order valence-electron chi connectivity index (χ1n) is 12.8. The van der Waals surface area contributed by atoms with Crippen molar-refractivity contribution in [1.82, 2.24) is 9.13 Å². The molecule has 0 radical (unpaired) electrons. The molecule has 2 aromatic heterocycles. The molecule has 39 heavy (non-hydrogen) atoms. The van der Waals surface area contributed by atoms with Crippen LogP contribution in [0.3, 0.4) is 0 Å². The monoisotopic (exact) mass is 562 g/mol. The van der Waals surface area contributed by atoms with E-state index in [1.54, 1.807) is 58.2 Å². The summed E-state index contributed by atoms with van der Waals surface area (Å²) in [7, 11) is 0. The fourth-order valence-electron chi connectivity index (χ4n) is 6.20. The van der Waals surface area contributed by atoms with Crippen molar-refractivity contribution in [3.8, 4) is 11.4 Å². The maximum absolute atomic E-state index is 16.9. The molecule has 0 unspecified atom stereocenters. The Morgan fingerprint density at radius 1 is 0.590 bits per heavy atom. The molecule has 4 aromatic rings. The van der Waals surface area contributed by atoms with Gasteiger partial charge in [-0.05, 0) is 0 Å². The first-order valence-corrected chi connectivity index (χ1v) is 15.9. The standard InChI is InChI=1S/2C10H6F2N.2C6H7.Ti/c2*11-8-3-4-10(9(12)7-8)13-5-1-2-6-13;2*1-6-4-2-3-5-6;/h2*1-6H;2*2,4H,3H2,1H3;. The molecule has 0 N–H and O–H groups in total. The molecule has 0 spiro atoms.